The van der Waals surface area contributed by atoms with Crippen LogP contribution in [0.4, 0.5) is 4.39 Å². The lowest BCUT2D eigenvalue weighted by Crippen LogP contribution is -2.39. The number of nitrogens with one attached hydrogen (secondary N) is 1. The summed E-state index contributed by atoms with van der Waals surface area (Å²) in [7, 11) is 0. The predicted molar refractivity (Wildman–Crippen MR) is 75.5 cm³/mol. The molecule has 2 N–H and O–H groups in total. The Morgan fingerprint density at radius 1 is 1.33 bits per heavy atom. The van der Waals surface area contributed by atoms with E-state index in [0.29, 0.717) is 18.5 Å². The number of rotatable bonds is 9. The van der Waals surface area contributed by atoms with Crippen LogP contribution in [0.1, 0.15) is 30.1 Å². The van der Waals surface area contributed by atoms with E-state index in [1.807, 2.05) is 0 Å². The van der Waals surface area contributed by atoms with Crippen molar-refractivity contribution in [3.05, 3.63) is 35.6 Å². The standard InChI is InChI=1S/C15H20FNO4/c1-2-21-14(19)10-13(17-8-3-9-18)15(20)11-4-6-12(16)7-5-11/h4-7,13,17-18H,2-3,8-10H2,1H3. The van der Waals surface area contributed by atoms with Crippen molar-refractivity contribution in [3.8, 4) is 0 Å². The molecule has 0 fully saturated rings. The molecule has 1 aromatic carbocycles. The van der Waals surface area contributed by atoms with E-state index in [-0.39, 0.29) is 25.4 Å². The van der Waals surface area contributed by atoms with Crippen LogP contribution in [0.3, 0.4) is 0 Å². The van der Waals surface area contributed by atoms with Crippen LogP contribution in [0.25, 0.3) is 0 Å². The van der Waals surface area contributed by atoms with Crippen LogP contribution in [0.5, 0.6) is 0 Å². The summed E-state index contributed by atoms with van der Waals surface area (Å²) in [6.45, 7) is 2.32. The minimum atomic E-state index is -0.749. The molecule has 0 spiro atoms. The Labute approximate surface area is 123 Å². The second kappa shape index (κ2) is 9.20. The molecule has 0 heterocycles. The highest BCUT2D eigenvalue weighted by Gasteiger charge is 2.23. The van der Waals surface area contributed by atoms with Crippen molar-refractivity contribution in [1.82, 2.24) is 5.32 Å². The van der Waals surface area contributed by atoms with Crippen molar-refractivity contribution >= 4 is 11.8 Å². The molecule has 6 heteroatoms. The molecule has 0 aromatic heterocycles. The number of hydrogen-bond acceptors (Lipinski definition) is 5. The maximum Gasteiger partial charge on any atom is 0.307 e. The Kier molecular flexibility index (Phi) is 7.56. The fourth-order valence-electron chi connectivity index (χ4n) is 1.81. The number of benzene rings is 1. The summed E-state index contributed by atoms with van der Waals surface area (Å²) < 4.78 is 17.7. The summed E-state index contributed by atoms with van der Waals surface area (Å²) in [5, 5.41) is 11.7. The Morgan fingerprint density at radius 3 is 2.57 bits per heavy atom. The van der Waals surface area contributed by atoms with E-state index in [4.69, 9.17) is 9.84 Å². The maximum absolute atomic E-state index is 12.9. The van der Waals surface area contributed by atoms with Crippen molar-refractivity contribution in [1.29, 1.82) is 0 Å². The van der Waals surface area contributed by atoms with E-state index in [2.05, 4.69) is 5.32 Å². The number of aliphatic hydroxyl groups is 1. The fraction of sp³-hybridized carbons (Fsp3) is 0.467. The van der Waals surface area contributed by atoms with Gasteiger partial charge in [0.1, 0.15) is 5.82 Å². The summed E-state index contributed by atoms with van der Waals surface area (Å²) in [5.74, 6) is -1.21. The summed E-state index contributed by atoms with van der Waals surface area (Å²) in [6, 6.07) is 4.40. The van der Waals surface area contributed by atoms with Crippen LogP contribution < -0.4 is 5.32 Å². The number of ether oxygens (including phenoxy) is 1. The highest BCUT2D eigenvalue weighted by Crippen LogP contribution is 2.09. The number of aliphatic hydroxyl groups excluding tert-OH is 1. The van der Waals surface area contributed by atoms with Crippen molar-refractivity contribution < 1.29 is 23.8 Å². The lowest BCUT2D eigenvalue weighted by Gasteiger charge is -2.16. The van der Waals surface area contributed by atoms with Gasteiger partial charge in [0.15, 0.2) is 5.78 Å². The molecule has 0 amide bonds. The van der Waals surface area contributed by atoms with E-state index >= 15 is 0 Å². The van der Waals surface area contributed by atoms with Gasteiger partial charge < -0.3 is 15.2 Å². The zero-order chi connectivity index (χ0) is 15.7. The molecule has 0 aliphatic heterocycles. The third-order valence-corrected chi connectivity index (χ3v) is 2.85. The third-order valence-electron chi connectivity index (χ3n) is 2.85. The zero-order valence-electron chi connectivity index (χ0n) is 12.0. The smallest absolute Gasteiger partial charge is 0.307 e. The molecule has 116 valence electrons. The zero-order valence-corrected chi connectivity index (χ0v) is 12.0. The molecule has 0 saturated carbocycles. The monoisotopic (exact) mass is 297 g/mol. The second-order valence-corrected chi connectivity index (χ2v) is 4.46. The quantitative estimate of drug-likeness (QED) is 0.408. The minimum Gasteiger partial charge on any atom is -0.466 e. The first-order valence-electron chi connectivity index (χ1n) is 6.88. The topological polar surface area (TPSA) is 75.6 Å². The van der Waals surface area contributed by atoms with Crippen molar-refractivity contribution in [2.45, 2.75) is 25.8 Å². The van der Waals surface area contributed by atoms with Gasteiger partial charge in [0, 0.05) is 12.2 Å². The van der Waals surface area contributed by atoms with Gasteiger partial charge in [-0.3, -0.25) is 9.59 Å². The number of esters is 1. The highest BCUT2D eigenvalue weighted by molar-refractivity contribution is 6.01. The Morgan fingerprint density at radius 2 is 2.00 bits per heavy atom. The number of hydrogen-bond donors (Lipinski definition) is 2. The lowest BCUT2D eigenvalue weighted by atomic mass is 10.0. The van der Waals surface area contributed by atoms with Gasteiger partial charge in [0.05, 0.1) is 19.1 Å². The summed E-state index contributed by atoms with van der Waals surface area (Å²) in [4.78, 5) is 23.9. The lowest BCUT2D eigenvalue weighted by molar-refractivity contribution is -0.143. The van der Waals surface area contributed by atoms with E-state index in [1.165, 1.54) is 24.3 Å². The molecule has 0 aliphatic carbocycles. The number of Topliss-reactive ketones (excluding diaryl/α,β-unsaturated/α-hetero) is 1. The first kappa shape index (κ1) is 17.3. The molecule has 1 aromatic rings. The number of halogens is 1. The molecule has 0 radical (unpaired) electrons. The maximum atomic E-state index is 12.9. The molecule has 5 nitrogen and oxygen atoms in total. The summed E-state index contributed by atoms with van der Waals surface area (Å²) in [5.41, 5.74) is 0.321. The molecule has 1 unspecified atom stereocenters. The third kappa shape index (κ3) is 6.01. The van der Waals surface area contributed by atoms with E-state index < -0.39 is 17.8 Å². The number of carbonyl (C=O) groups is 2. The van der Waals surface area contributed by atoms with Gasteiger partial charge in [-0.25, -0.2) is 4.39 Å². The van der Waals surface area contributed by atoms with Crippen LogP contribution >= 0.6 is 0 Å². The number of ketones is 1. The van der Waals surface area contributed by atoms with E-state index in [0.717, 1.165) is 0 Å². The van der Waals surface area contributed by atoms with Gasteiger partial charge in [-0.2, -0.15) is 0 Å². The predicted octanol–water partition coefficient (Wildman–Crippen LogP) is 1.30. The van der Waals surface area contributed by atoms with Gasteiger partial charge in [0.2, 0.25) is 0 Å². The molecule has 0 aliphatic rings. The van der Waals surface area contributed by atoms with Gasteiger partial charge in [-0.05, 0) is 44.2 Å². The van der Waals surface area contributed by atoms with Crippen LogP contribution in [-0.2, 0) is 9.53 Å². The van der Waals surface area contributed by atoms with Crippen molar-refractivity contribution in [2.24, 2.45) is 0 Å². The van der Waals surface area contributed by atoms with Gasteiger partial charge in [-0.15, -0.1) is 0 Å². The normalized spacial score (nSPS) is 12.0. The minimum absolute atomic E-state index is 0.0101. The summed E-state index contributed by atoms with van der Waals surface area (Å²) in [6.07, 6.45) is 0.367. The van der Waals surface area contributed by atoms with Gasteiger partial charge in [-0.1, -0.05) is 0 Å². The second-order valence-electron chi connectivity index (χ2n) is 4.46. The molecule has 21 heavy (non-hydrogen) atoms. The first-order chi connectivity index (χ1) is 10.1. The molecule has 0 saturated heterocycles. The molecule has 1 rings (SSSR count). The highest BCUT2D eigenvalue weighted by atomic mass is 19.1. The van der Waals surface area contributed by atoms with Crippen LogP contribution in [0.15, 0.2) is 24.3 Å². The molecule has 1 atom stereocenters. The average Bonchev–Trinajstić information content (AvgIpc) is 2.47. The Bertz CT molecular complexity index is 461. The Balaban J connectivity index is 2.75. The number of carbonyl (C=O) groups excluding carboxylic acids is 2. The average molecular weight is 297 g/mol. The van der Waals surface area contributed by atoms with Gasteiger partial charge in [0.25, 0.3) is 0 Å². The van der Waals surface area contributed by atoms with Crippen LogP contribution in [-0.4, -0.2) is 42.7 Å². The largest absolute Gasteiger partial charge is 0.466 e. The molecular formula is C15H20FNO4. The summed E-state index contributed by atoms with van der Waals surface area (Å²) >= 11 is 0. The Hall–Kier alpha value is -1.79. The van der Waals surface area contributed by atoms with Crippen LogP contribution in [0, 0.1) is 5.82 Å². The van der Waals surface area contributed by atoms with E-state index in [9.17, 15) is 14.0 Å². The SMILES string of the molecule is CCOC(=O)CC(NCCCO)C(=O)c1ccc(F)cc1. The van der Waals surface area contributed by atoms with Crippen molar-refractivity contribution in [3.63, 3.8) is 0 Å². The molecule has 0 bridgehead atoms. The van der Waals surface area contributed by atoms with Gasteiger partial charge >= 0.3 is 5.97 Å². The van der Waals surface area contributed by atoms with E-state index in [1.54, 1.807) is 6.92 Å². The molecular weight excluding hydrogens is 277 g/mol. The van der Waals surface area contributed by atoms with Crippen molar-refractivity contribution in [2.75, 3.05) is 19.8 Å². The first-order valence-corrected chi connectivity index (χ1v) is 6.88. The fourth-order valence-corrected chi connectivity index (χ4v) is 1.81. The van der Waals surface area contributed by atoms with Crippen LogP contribution in [0.2, 0.25) is 0 Å².